The number of nitrogens with one attached hydrogen (secondary N) is 3. The predicted octanol–water partition coefficient (Wildman–Crippen LogP) is 2.68. The molecule has 3 atom stereocenters. The molecule has 7 heteroatoms. The lowest BCUT2D eigenvalue weighted by Crippen LogP contribution is -2.50. The van der Waals surface area contributed by atoms with E-state index in [1.807, 2.05) is 36.4 Å². The lowest BCUT2D eigenvalue weighted by Gasteiger charge is -2.26. The minimum atomic E-state index is 0.111. The zero-order valence-corrected chi connectivity index (χ0v) is 21.0. The van der Waals surface area contributed by atoms with Gasteiger partial charge in [-0.3, -0.25) is 0 Å². The van der Waals surface area contributed by atoms with Gasteiger partial charge in [0.2, 0.25) is 0 Å². The molecule has 0 aliphatic carbocycles. The van der Waals surface area contributed by atoms with Gasteiger partial charge in [0.1, 0.15) is 17.2 Å². The molecule has 0 heterocycles. The fourth-order valence-electron chi connectivity index (χ4n) is 4.33. The van der Waals surface area contributed by atoms with Crippen LogP contribution < -0.4 is 21.7 Å². The van der Waals surface area contributed by atoms with Gasteiger partial charge in [0, 0.05) is 37.8 Å². The van der Waals surface area contributed by atoms with Gasteiger partial charge in [-0.25, -0.2) is 0 Å². The summed E-state index contributed by atoms with van der Waals surface area (Å²) in [5.41, 5.74) is 9.52. The Labute approximate surface area is 214 Å². The highest BCUT2D eigenvalue weighted by molar-refractivity contribution is 5.28. The number of nitrogens with two attached hydrogens (primary N) is 1. The van der Waals surface area contributed by atoms with Crippen LogP contribution >= 0.6 is 0 Å². The van der Waals surface area contributed by atoms with E-state index in [1.165, 1.54) is 5.56 Å². The van der Waals surface area contributed by atoms with E-state index in [4.69, 9.17) is 5.73 Å². The third-order valence-electron chi connectivity index (χ3n) is 6.34. The van der Waals surface area contributed by atoms with E-state index in [1.54, 1.807) is 36.4 Å². The van der Waals surface area contributed by atoms with E-state index < -0.39 is 0 Å². The Kier molecular flexibility index (Phi) is 11.0. The predicted molar refractivity (Wildman–Crippen MR) is 146 cm³/mol. The van der Waals surface area contributed by atoms with Crippen molar-refractivity contribution in [1.82, 2.24) is 16.0 Å². The molecule has 3 rings (SSSR count). The van der Waals surface area contributed by atoms with Gasteiger partial charge < -0.3 is 37.0 Å². The van der Waals surface area contributed by atoms with Gasteiger partial charge in [-0.05, 0) is 78.9 Å². The topological polar surface area (TPSA) is 123 Å². The SMILES string of the molecule is CCN[C@H](CN[C@H](CN[C@H](CN)Cc1ccc(O)cc1)Cc1ccc(O)cc1)Cc1ccc(O)cc1. The molecule has 0 aliphatic rings. The second kappa shape index (κ2) is 14.5. The highest BCUT2D eigenvalue weighted by Crippen LogP contribution is 2.14. The summed E-state index contributed by atoms with van der Waals surface area (Å²) in [5, 5.41) is 39.7. The fraction of sp³-hybridized carbons (Fsp3) is 0.379. The lowest BCUT2D eigenvalue weighted by atomic mass is 10.0. The molecule has 8 N–H and O–H groups in total. The molecule has 3 aromatic rings. The molecule has 0 saturated carbocycles. The average Bonchev–Trinajstić information content (AvgIpc) is 2.88. The van der Waals surface area contributed by atoms with Crippen LogP contribution in [-0.2, 0) is 19.3 Å². The number of hydrogen-bond acceptors (Lipinski definition) is 7. The van der Waals surface area contributed by atoms with E-state index in [0.717, 1.165) is 50.0 Å². The molecule has 0 aromatic heterocycles. The first-order valence-corrected chi connectivity index (χ1v) is 12.7. The van der Waals surface area contributed by atoms with E-state index in [2.05, 4.69) is 22.9 Å². The van der Waals surface area contributed by atoms with Gasteiger partial charge in [0.05, 0.1) is 0 Å². The van der Waals surface area contributed by atoms with Crippen molar-refractivity contribution in [3.8, 4) is 17.2 Å². The Morgan fingerprint density at radius 1 is 0.556 bits per heavy atom. The number of aromatic hydroxyl groups is 3. The lowest BCUT2D eigenvalue weighted by molar-refractivity contribution is 0.395. The Morgan fingerprint density at radius 2 is 0.889 bits per heavy atom. The maximum Gasteiger partial charge on any atom is 0.115 e. The first kappa shape index (κ1) is 27.5. The summed E-state index contributed by atoms with van der Waals surface area (Å²) in [6.45, 7) is 5.00. The van der Waals surface area contributed by atoms with Crippen LogP contribution in [0.5, 0.6) is 17.2 Å². The zero-order chi connectivity index (χ0) is 25.8. The van der Waals surface area contributed by atoms with Crippen molar-refractivity contribution in [1.29, 1.82) is 0 Å². The summed E-state index contributed by atoms with van der Waals surface area (Å²) < 4.78 is 0. The molecule has 0 fully saturated rings. The highest BCUT2D eigenvalue weighted by Gasteiger charge is 2.16. The second-order valence-electron chi connectivity index (χ2n) is 9.31. The van der Waals surface area contributed by atoms with Gasteiger partial charge in [-0.15, -0.1) is 0 Å². The summed E-state index contributed by atoms with van der Waals surface area (Å²) in [6, 6.07) is 22.5. The summed E-state index contributed by atoms with van der Waals surface area (Å²) in [7, 11) is 0. The third kappa shape index (κ3) is 9.51. The van der Waals surface area contributed by atoms with E-state index in [0.29, 0.717) is 6.54 Å². The van der Waals surface area contributed by atoms with Crippen LogP contribution in [0, 0.1) is 0 Å². The molecular weight excluding hydrogens is 452 g/mol. The van der Waals surface area contributed by atoms with Crippen molar-refractivity contribution in [2.75, 3.05) is 26.2 Å². The quantitative estimate of drug-likeness (QED) is 0.174. The minimum Gasteiger partial charge on any atom is -0.508 e. The molecule has 0 aliphatic heterocycles. The van der Waals surface area contributed by atoms with Gasteiger partial charge in [-0.1, -0.05) is 43.3 Å². The molecule has 36 heavy (non-hydrogen) atoms. The maximum absolute atomic E-state index is 9.67. The van der Waals surface area contributed by atoms with Crippen LogP contribution in [0.4, 0.5) is 0 Å². The molecule has 3 aromatic carbocycles. The number of benzene rings is 3. The molecular formula is C29H40N4O3. The van der Waals surface area contributed by atoms with Crippen molar-refractivity contribution in [2.45, 2.75) is 44.3 Å². The van der Waals surface area contributed by atoms with Crippen LogP contribution in [0.1, 0.15) is 23.6 Å². The van der Waals surface area contributed by atoms with Crippen LogP contribution in [-0.4, -0.2) is 59.6 Å². The van der Waals surface area contributed by atoms with Crippen LogP contribution in [0.15, 0.2) is 72.8 Å². The van der Waals surface area contributed by atoms with Crippen LogP contribution in [0.25, 0.3) is 0 Å². The number of hydrogen-bond donors (Lipinski definition) is 7. The van der Waals surface area contributed by atoms with Crippen molar-refractivity contribution >= 4 is 0 Å². The van der Waals surface area contributed by atoms with Crippen molar-refractivity contribution in [2.24, 2.45) is 5.73 Å². The highest BCUT2D eigenvalue weighted by atomic mass is 16.3. The Morgan fingerprint density at radius 3 is 1.25 bits per heavy atom. The van der Waals surface area contributed by atoms with Gasteiger partial charge >= 0.3 is 0 Å². The first-order valence-electron chi connectivity index (χ1n) is 12.7. The molecule has 7 nitrogen and oxygen atoms in total. The monoisotopic (exact) mass is 492 g/mol. The average molecular weight is 493 g/mol. The Bertz CT molecular complexity index is 1010. The summed E-state index contributed by atoms with van der Waals surface area (Å²) in [4.78, 5) is 0. The van der Waals surface area contributed by atoms with Gasteiger partial charge in [0.25, 0.3) is 0 Å². The van der Waals surface area contributed by atoms with Crippen molar-refractivity contribution < 1.29 is 15.3 Å². The van der Waals surface area contributed by atoms with E-state index in [9.17, 15) is 15.3 Å². The standard InChI is InChI=1S/C29H40N4O3/c1-2-31-25(16-22-5-11-28(35)12-6-22)19-33-26(17-23-7-13-29(36)14-8-23)20-32-24(18-30)15-21-3-9-27(34)10-4-21/h3-14,24-26,31-36H,2,15-20,30H2,1H3/t24-,25-,26-/m0/s1. The Balaban J connectivity index is 1.63. The molecule has 0 amide bonds. The van der Waals surface area contributed by atoms with Gasteiger partial charge in [-0.2, -0.15) is 0 Å². The van der Waals surface area contributed by atoms with E-state index in [-0.39, 0.29) is 35.4 Å². The van der Waals surface area contributed by atoms with E-state index >= 15 is 0 Å². The number of phenols is 3. The first-order chi connectivity index (χ1) is 17.4. The van der Waals surface area contributed by atoms with Crippen LogP contribution in [0.2, 0.25) is 0 Å². The third-order valence-corrected chi connectivity index (χ3v) is 6.34. The van der Waals surface area contributed by atoms with Crippen molar-refractivity contribution in [3.05, 3.63) is 89.5 Å². The minimum absolute atomic E-state index is 0.111. The molecule has 0 spiro atoms. The molecule has 0 radical (unpaired) electrons. The molecule has 194 valence electrons. The number of likely N-dealkylation sites (N-methyl/N-ethyl adjacent to an activating group) is 1. The zero-order valence-electron chi connectivity index (χ0n) is 21.0. The van der Waals surface area contributed by atoms with Crippen molar-refractivity contribution in [3.63, 3.8) is 0 Å². The second-order valence-corrected chi connectivity index (χ2v) is 9.31. The molecule has 0 unspecified atom stereocenters. The number of phenolic OH excluding ortho intramolecular Hbond substituents is 3. The summed E-state index contributed by atoms with van der Waals surface area (Å²) in [5.74, 6) is 0.801. The maximum atomic E-state index is 9.67. The summed E-state index contributed by atoms with van der Waals surface area (Å²) >= 11 is 0. The fourth-order valence-corrected chi connectivity index (χ4v) is 4.33. The Hall–Kier alpha value is -3.10. The van der Waals surface area contributed by atoms with Crippen LogP contribution in [0.3, 0.4) is 0 Å². The number of rotatable bonds is 15. The normalized spacial score (nSPS) is 13.8. The van der Waals surface area contributed by atoms with Gasteiger partial charge in [0.15, 0.2) is 0 Å². The molecule has 0 bridgehead atoms. The largest absolute Gasteiger partial charge is 0.508 e. The molecule has 0 saturated heterocycles. The smallest absolute Gasteiger partial charge is 0.115 e. The summed E-state index contributed by atoms with van der Waals surface area (Å²) in [6.07, 6.45) is 2.44.